The molecule has 0 aromatic heterocycles. The normalized spacial score (nSPS) is 27.8. The summed E-state index contributed by atoms with van der Waals surface area (Å²) in [4.78, 5) is 2.45. The highest BCUT2D eigenvalue weighted by Gasteiger charge is 2.41. The van der Waals surface area contributed by atoms with Gasteiger partial charge in [-0.3, -0.25) is 4.90 Å². The van der Waals surface area contributed by atoms with Crippen LogP contribution < -0.4 is 5.32 Å². The van der Waals surface area contributed by atoms with Gasteiger partial charge in [-0.25, -0.2) is 8.78 Å². The molecule has 1 aromatic rings. The average Bonchev–Trinajstić information content (AvgIpc) is 3.24. The zero-order valence-electron chi connectivity index (χ0n) is 11.9. The van der Waals surface area contributed by atoms with E-state index in [1.54, 1.807) is 6.07 Å². The van der Waals surface area contributed by atoms with Crippen molar-refractivity contribution in [2.24, 2.45) is 5.92 Å². The number of piperidine rings is 1. The number of hydrogen-bond donors (Lipinski definition) is 1. The first-order valence-corrected chi connectivity index (χ1v) is 7.56. The van der Waals surface area contributed by atoms with Crippen molar-refractivity contribution in [1.29, 1.82) is 0 Å². The fraction of sp³-hybridized carbons (Fsp3) is 0.625. The van der Waals surface area contributed by atoms with E-state index < -0.39 is 11.6 Å². The molecular formula is C16H22F2N2. The summed E-state index contributed by atoms with van der Waals surface area (Å²) in [7, 11) is 1.94. The van der Waals surface area contributed by atoms with Gasteiger partial charge in [0.2, 0.25) is 0 Å². The molecule has 1 aliphatic heterocycles. The van der Waals surface area contributed by atoms with Gasteiger partial charge in [-0.2, -0.15) is 0 Å². The van der Waals surface area contributed by atoms with Gasteiger partial charge in [-0.1, -0.05) is 6.07 Å². The van der Waals surface area contributed by atoms with Crippen LogP contribution in [0.2, 0.25) is 0 Å². The molecule has 2 unspecified atom stereocenters. The van der Waals surface area contributed by atoms with Crippen LogP contribution >= 0.6 is 0 Å². The van der Waals surface area contributed by atoms with Gasteiger partial charge in [0, 0.05) is 23.7 Å². The first-order chi connectivity index (χ1) is 9.70. The SMILES string of the molecule is CNCC1CCCN(C2CC2)C1c1ccc(F)cc1F. The molecule has 1 N–H and O–H groups in total. The Morgan fingerprint density at radius 2 is 2.05 bits per heavy atom. The Morgan fingerprint density at radius 1 is 1.25 bits per heavy atom. The number of nitrogens with zero attached hydrogens (tertiary/aromatic N) is 1. The fourth-order valence-electron chi connectivity index (χ4n) is 3.57. The van der Waals surface area contributed by atoms with Crippen LogP contribution in [0, 0.1) is 17.6 Å². The lowest BCUT2D eigenvalue weighted by Gasteiger charge is -2.42. The van der Waals surface area contributed by atoms with Crippen molar-refractivity contribution in [2.45, 2.75) is 37.8 Å². The molecule has 1 saturated carbocycles. The third-order valence-corrected chi connectivity index (χ3v) is 4.56. The lowest BCUT2D eigenvalue weighted by molar-refractivity contribution is 0.0818. The van der Waals surface area contributed by atoms with Gasteiger partial charge in [0.25, 0.3) is 0 Å². The van der Waals surface area contributed by atoms with Crippen molar-refractivity contribution in [3.63, 3.8) is 0 Å². The van der Waals surface area contributed by atoms with Crippen LogP contribution in [-0.4, -0.2) is 31.1 Å². The summed E-state index contributed by atoms with van der Waals surface area (Å²) in [6, 6.07) is 4.73. The molecule has 0 radical (unpaired) electrons. The molecule has 2 fully saturated rings. The molecule has 1 heterocycles. The van der Waals surface area contributed by atoms with Crippen LogP contribution in [0.3, 0.4) is 0 Å². The van der Waals surface area contributed by atoms with Crippen molar-refractivity contribution in [2.75, 3.05) is 20.1 Å². The zero-order chi connectivity index (χ0) is 14.1. The van der Waals surface area contributed by atoms with Crippen LogP contribution in [0.1, 0.15) is 37.3 Å². The minimum Gasteiger partial charge on any atom is -0.319 e. The second-order valence-corrected chi connectivity index (χ2v) is 6.04. The Kier molecular flexibility index (Phi) is 4.03. The second-order valence-electron chi connectivity index (χ2n) is 6.04. The summed E-state index contributed by atoms with van der Waals surface area (Å²) in [5.41, 5.74) is 0.665. The van der Waals surface area contributed by atoms with Crippen LogP contribution in [0.25, 0.3) is 0 Å². The number of benzene rings is 1. The third kappa shape index (κ3) is 2.72. The summed E-state index contributed by atoms with van der Waals surface area (Å²) < 4.78 is 27.4. The molecule has 1 saturated heterocycles. The topological polar surface area (TPSA) is 15.3 Å². The summed E-state index contributed by atoms with van der Waals surface area (Å²) in [5.74, 6) is -0.497. The first-order valence-electron chi connectivity index (χ1n) is 7.56. The minimum absolute atomic E-state index is 0.0873. The number of likely N-dealkylation sites (tertiary alicyclic amines) is 1. The fourth-order valence-corrected chi connectivity index (χ4v) is 3.57. The highest BCUT2D eigenvalue weighted by molar-refractivity contribution is 5.24. The van der Waals surface area contributed by atoms with Crippen molar-refractivity contribution < 1.29 is 8.78 Å². The Morgan fingerprint density at radius 3 is 2.70 bits per heavy atom. The molecule has 3 rings (SSSR count). The monoisotopic (exact) mass is 280 g/mol. The number of hydrogen-bond acceptors (Lipinski definition) is 2. The molecule has 110 valence electrons. The molecule has 4 heteroatoms. The van der Waals surface area contributed by atoms with E-state index in [4.69, 9.17) is 0 Å². The van der Waals surface area contributed by atoms with Crippen molar-refractivity contribution in [1.82, 2.24) is 10.2 Å². The predicted molar refractivity (Wildman–Crippen MR) is 75.5 cm³/mol. The van der Waals surface area contributed by atoms with E-state index in [0.717, 1.165) is 25.6 Å². The van der Waals surface area contributed by atoms with Crippen molar-refractivity contribution in [3.05, 3.63) is 35.4 Å². The number of rotatable bonds is 4. The largest absolute Gasteiger partial charge is 0.319 e. The molecule has 0 spiro atoms. The number of nitrogens with one attached hydrogen (secondary N) is 1. The third-order valence-electron chi connectivity index (χ3n) is 4.56. The Bertz CT molecular complexity index is 472. The molecule has 2 aliphatic rings. The lowest BCUT2D eigenvalue weighted by atomic mass is 9.84. The van der Waals surface area contributed by atoms with E-state index in [-0.39, 0.29) is 6.04 Å². The van der Waals surface area contributed by atoms with Crippen molar-refractivity contribution in [3.8, 4) is 0 Å². The first kappa shape index (κ1) is 14.0. The minimum atomic E-state index is -0.495. The summed E-state index contributed by atoms with van der Waals surface area (Å²) >= 11 is 0. The van der Waals surface area contributed by atoms with Crippen LogP contribution in [-0.2, 0) is 0 Å². The second kappa shape index (κ2) is 5.78. The Balaban J connectivity index is 1.93. The van der Waals surface area contributed by atoms with Crippen LogP contribution in [0.4, 0.5) is 8.78 Å². The van der Waals surface area contributed by atoms with Crippen molar-refractivity contribution >= 4 is 0 Å². The zero-order valence-corrected chi connectivity index (χ0v) is 11.9. The summed E-state index contributed by atoms with van der Waals surface area (Å²) in [6.07, 6.45) is 4.70. The van der Waals surface area contributed by atoms with Gasteiger partial charge < -0.3 is 5.32 Å². The molecule has 1 aromatic carbocycles. The van der Waals surface area contributed by atoms with E-state index in [1.165, 1.54) is 25.3 Å². The van der Waals surface area contributed by atoms with E-state index >= 15 is 0 Å². The highest BCUT2D eigenvalue weighted by atomic mass is 19.1. The maximum atomic E-state index is 14.2. The molecule has 0 amide bonds. The van der Waals surface area contributed by atoms with E-state index in [2.05, 4.69) is 10.2 Å². The number of halogens is 2. The highest BCUT2D eigenvalue weighted by Crippen LogP contribution is 2.43. The average molecular weight is 280 g/mol. The van der Waals surface area contributed by atoms with Gasteiger partial charge in [-0.15, -0.1) is 0 Å². The molecule has 20 heavy (non-hydrogen) atoms. The molecule has 1 aliphatic carbocycles. The van der Waals surface area contributed by atoms with Gasteiger partial charge in [0.05, 0.1) is 0 Å². The standard InChI is InChI=1S/C16H22F2N2/c1-19-10-11-3-2-8-20(13-5-6-13)16(11)14-7-4-12(17)9-15(14)18/h4,7,9,11,13,16,19H,2-3,5-6,8,10H2,1H3. The van der Waals surface area contributed by atoms with Gasteiger partial charge in [0.15, 0.2) is 0 Å². The van der Waals surface area contributed by atoms with Crippen LogP contribution in [0.15, 0.2) is 18.2 Å². The van der Waals surface area contributed by atoms with E-state index in [1.807, 2.05) is 7.05 Å². The summed E-state index contributed by atoms with van der Waals surface area (Å²) in [6.45, 7) is 1.91. The van der Waals surface area contributed by atoms with Gasteiger partial charge >= 0.3 is 0 Å². The van der Waals surface area contributed by atoms with Crippen LogP contribution in [0.5, 0.6) is 0 Å². The smallest absolute Gasteiger partial charge is 0.130 e. The van der Waals surface area contributed by atoms with Gasteiger partial charge in [-0.05, 0) is 57.8 Å². The van der Waals surface area contributed by atoms with E-state index in [0.29, 0.717) is 17.5 Å². The Hall–Kier alpha value is -1.00. The predicted octanol–water partition coefficient (Wildman–Crippen LogP) is 3.10. The Labute approximate surface area is 119 Å². The van der Waals surface area contributed by atoms with E-state index in [9.17, 15) is 8.78 Å². The molecule has 0 bridgehead atoms. The van der Waals surface area contributed by atoms with Gasteiger partial charge in [0.1, 0.15) is 11.6 Å². The molecular weight excluding hydrogens is 258 g/mol. The molecule has 2 nitrogen and oxygen atoms in total. The quantitative estimate of drug-likeness (QED) is 0.911. The molecule has 2 atom stereocenters. The lowest BCUT2D eigenvalue weighted by Crippen LogP contribution is -2.43. The maximum absolute atomic E-state index is 14.2. The summed E-state index contributed by atoms with van der Waals surface area (Å²) in [5, 5.41) is 3.22. The maximum Gasteiger partial charge on any atom is 0.130 e.